The van der Waals surface area contributed by atoms with Gasteiger partial charge in [0.05, 0.1) is 17.3 Å². The second-order valence-electron chi connectivity index (χ2n) is 11.4. The van der Waals surface area contributed by atoms with E-state index in [0.717, 1.165) is 5.56 Å². The van der Waals surface area contributed by atoms with Crippen molar-refractivity contribution in [2.24, 2.45) is 4.99 Å². The molecule has 1 heterocycles. The van der Waals surface area contributed by atoms with Crippen LogP contribution in [0.2, 0.25) is 0 Å². The average molecular weight is 625 g/mol. The molecule has 2 aliphatic rings. The number of aliphatic imine (C=N–C) groups is 1. The predicted octanol–water partition coefficient (Wildman–Crippen LogP) is 4.85. The molecule has 0 bridgehead atoms. The van der Waals surface area contributed by atoms with Gasteiger partial charge in [0.15, 0.2) is 21.5 Å². The molecule has 6 rings (SSSR count). The van der Waals surface area contributed by atoms with Crippen molar-refractivity contribution >= 4 is 21.6 Å². The molecule has 1 aliphatic carbocycles. The van der Waals surface area contributed by atoms with Gasteiger partial charge in [-0.25, -0.2) is 13.4 Å². The van der Waals surface area contributed by atoms with Gasteiger partial charge in [-0.1, -0.05) is 72.8 Å². The minimum Gasteiger partial charge on any atom is -0.494 e. The van der Waals surface area contributed by atoms with E-state index in [4.69, 9.17) is 19.6 Å². The fraction of sp³-hybridized carbons (Fsp3) is 0.278. The fourth-order valence-electron chi connectivity index (χ4n) is 6.01. The second kappa shape index (κ2) is 13.3. The van der Waals surface area contributed by atoms with E-state index < -0.39 is 21.5 Å². The third-order valence-corrected chi connectivity index (χ3v) is 10.1. The SMILES string of the molecule is O=C(NC1Cc2ccccc2C1)[C@]1(CCS(=O)(=O)c2ccccc2)N=C(c2ccc(OCCCO)cc2)O[C@@H]1c1ccccc1. The van der Waals surface area contributed by atoms with Gasteiger partial charge in [-0.2, -0.15) is 0 Å². The topological polar surface area (TPSA) is 114 Å². The quantitative estimate of drug-likeness (QED) is 0.218. The van der Waals surface area contributed by atoms with Gasteiger partial charge in [-0.05, 0) is 65.9 Å². The number of rotatable bonds is 12. The third-order valence-electron chi connectivity index (χ3n) is 8.37. The van der Waals surface area contributed by atoms with E-state index in [1.54, 1.807) is 54.6 Å². The zero-order valence-electron chi connectivity index (χ0n) is 24.8. The van der Waals surface area contributed by atoms with E-state index in [2.05, 4.69) is 17.4 Å². The Labute approximate surface area is 263 Å². The van der Waals surface area contributed by atoms with Crippen LogP contribution in [0.25, 0.3) is 0 Å². The highest BCUT2D eigenvalue weighted by atomic mass is 32.2. The number of hydrogen-bond acceptors (Lipinski definition) is 7. The largest absolute Gasteiger partial charge is 0.494 e. The van der Waals surface area contributed by atoms with Gasteiger partial charge in [0.25, 0.3) is 5.91 Å². The van der Waals surface area contributed by atoms with Gasteiger partial charge in [-0.15, -0.1) is 0 Å². The summed E-state index contributed by atoms with van der Waals surface area (Å²) in [5.41, 5.74) is 2.19. The molecule has 2 N–H and O–H groups in total. The molecular formula is C36H36N2O6S. The lowest BCUT2D eigenvalue weighted by Gasteiger charge is -2.31. The summed E-state index contributed by atoms with van der Waals surface area (Å²) >= 11 is 0. The third kappa shape index (κ3) is 6.65. The zero-order valence-corrected chi connectivity index (χ0v) is 25.7. The number of carbonyl (C=O) groups excluding carboxylic acids is 1. The van der Waals surface area contributed by atoms with Crippen LogP contribution in [0.3, 0.4) is 0 Å². The monoisotopic (exact) mass is 624 g/mol. The smallest absolute Gasteiger partial charge is 0.252 e. The number of carbonyl (C=O) groups is 1. The molecule has 0 saturated heterocycles. The molecule has 0 unspecified atom stereocenters. The Morgan fingerprint density at radius 2 is 1.51 bits per heavy atom. The highest BCUT2D eigenvalue weighted by Gasteiger charge is 2.54. The maximum atomic E-state index is 14.6. The first-order valence-corrected chi connectivity index (χ1v) is 16.8. The molecule has 0 aromatic heterocycles. The highest BCUT2D eigenvalue weighted by Crippen LogP contribution is 2.43. The van der Waals surface area contributed by atoms with E-state index in [-0.39, 0.29) is 41.5 Å². The van der Waals surface area contributed by atoms with Crippen LogP contribution in [0.1, 0.15) is 41.2 Å². The summed E-state index contributed by atoms with van der Waals surface area (Å²) in [7, 11) is -3.73. The van der Waals surface area contributed by atoms with Crippen molar-refractivity contribution in [3.8, 4) is 5.75 Å². The van der Waals surface area contributed by atoms with Crippen molar-refractivity contribution in [2.45, 2.75) is 48.3 Å². The summed E-state index contributed by atoms with van der Waals surface area (Å²) in [6.07, 6.45) is 0.952. The van der Waals surface area contributed by atoms with E-state index in [1.807, 2.05) is 42.5 Å². The molecular weight excluding hydrogens is 588 g/mol. The lowest BCUT2D eigenvalue weighted by molar-refractivity contribution is -0.129. The maximum Gasteiger partial charge on any atom is 0.252 e. The molecule has 0 fully saturated rings. The minimum absolute atomic E-state index is 0.0423. The number of sulfone groups is 1. The van der Waals surface area contributed by atoms with Gasteiger partial charge in [0.2, 0.25) is 5.90 Å². The van der Waals surface area contributed by atoms with E-state index in [1.165, 1.54) is 11.1 Å². The first kappa shape index (κ1) is 30.6. The van der Waals surface area contributed by atoms with Gasteiger partial charge < -0.3 is 19.9 Å². The Morgan fingerprint density at radius 1 is 0.889 bits per heavy atom. The van der Waals surface area contributed by atoms with Gasteiger partial charge in [0, 0.05) is 31.1 Å². The van der Waals surface area contributed by atoms with Gasteiger partial charge >= 0.3 is 0 Å². The first-order chi connectivity index (χ1) is 21.9. The number of aliphatic hydroxyl groups excluding tert-OH is 1. The fourth-order valence-corrected chi connectivity index (χ4v) is 7.39. The number of amides is 1. The molecule has 0 radical (unpaired) electrons. The van der Waals surface area contributed by atoms with Crippen LogP contribution in [0.15, 0.2) is 119 Å². The van der Waals surface area contributed by atoms with Gasteiger partial charge in [0.1, 0.15) is 5.75 Å². The number of ether oxygens (including phenoxy) is 2. The first-order valence-electron chi connectivity index (χ1n) is 15.2. The number of aliphatic hydroxyl groups is 1. The molecule has 0 spiro atoms. The highest BCUT2D eigenvalue weighted by molar-refractivity contribution is 7.91. The van der Waals surface area contributed by atoms with E-state index in [0.29, 0.717) is 37.2 Å². The number of fused-ring (bicyclic) bond motifs is 1. The summed E-state index contributed by atoms with van der Waals surface area (Å²) in [6, 6.07) is 32.8. The Balaban J connectivity index is 1.37. The number of hydrogen-bond donors (Lipinski definition) is 2. The molecule has 9 heteroatoms. The Bertz CT molecular complexity index is 1740. The summed E-state index contributed by atoms with van der Waals surface area (Å²) in [5, 5.41) is 12.3. The van der Waals surface area contributed by atoms with Gasteiger partial charge in [-0.3, -0.25) is 4.79 Å². The van der Waals surface area contributed by atoms with Crippen LogP contribution in [0.5, 0.6) is 5.75 Å². The Kier molecular flexibility index (Phi) is 9.00. The van der Waals surface area contributed by atoms with Crippen LogP contribution in [-0.2, 0) is 32.2 Å². The lowest BCUT2D eigenvalue weighted by Crippen LogP contribution is -2.52. The number of nitrogens with zero attached hydrogens (tertiary/aromatic N) is 1. The van der Waals surface area contributed by atoms with Crippen molar-refractivity contribution in [3.05, 3.63) is 131 Å². The molecule has 0 saturated carbocycles. The molecule has 2 atom stereocenters. The van der Waals surface area contributed by atoms with E-state index in [9.17, 15) is 13.2 Å². The van der Waals surface area contributed by atoms with Crippen molar-refractivity contribution in [1.29, 1.82) is 0 Å². The predicted molar refractivity (Wildman–Crippen MR) is 172 cm³/mol. The molecule has 4 aromatic rings. The van der Waals surface area contributed by atoms with Crippen molar-refractivity contribution in [3.63, 3.8) is 0 Å². The lowest BCUT2D eigenvalue weighted by atomic mass is 9.84. The zero-order chi connectivity index (χ0) is 31.3. The summed E-state index contributed by atoms with van der Waals surface area (Å²) < 4.78 is 39.3. The van der Waals surface area contributed by atoms with Crippen LogP contribution in [0, 0.1) is 0 Å². The van der Waals surface area contributed by atoms with Crippen molar-refractivity contribution in [1.82, 2.24) is 5.32 Å². The van der Waals surface area contributed by atoms with Crippen molar-refractivity contribution < 1.29 is 27.8 Å². The molecule has 1 amide bonds. The standard InChI is InChI=1S/C36H36N2O6S/c39-21-9-22-43-31-18-16-27(17-19-31)34-38-36(33(44-34)26-10-3-1-4-11-26,20-23-45(41,42)32-14-5-2-6-15-32)35(40)37-30-24-28-12-7-8-13-29(28)25-30/h1-8,10-19,30,33,39H,9,20-25H2,(H,37,40)/t33-,36-/m1/s1. The number of nitrogens with one attached hydrogen (secondary N) is 1. The van der Waals surface area contributed by atoms with Crippen LogP contribution in [0.4, 0.5) is 0 Å². The Morgan fingerprint density at radius 3 is 2.16 bits per heavy atom. The maximum absolute atomic E-state index is 14.6. The Hall–Kier alpha value is -4.47. The van der Waals surface area contributed by atoms with E-state index >= 15 is 0 Å². The summed E-state index contributed by atoms with van der Waals surface area (Å²) in [4.78, 5) is 19.7. The molecule has 4 aromatic carbocycles. The van der Waals surface area contributed by atoms with Crippen LogP contribution >= 0.6 is 0 Å². The summed E-state index contributed by atoms with van der Waals surface area (Å²) in [6.45, 7) is 0.425. The minimum atomic E-state index is -3.73. The second-order valence-corrected chi connectivity index (χ2v) is 13.5. The molecule has 1 aliphatic heterocycles. The molecule has 45 heavy (non-hydrogen) atoms. The molecule has 232 valence electrons. The van der Waals surface area contributed by atoms with Crippen LogP contribution in [-0.4, -0.2) is 55.9 Å². The van der Waals surface area contributed by atoms with Crippen LogP contribution < -0.4 is 10.1 Å². The van der Waals surface area contributed by atoms with Crippen molar-refractivity contribution in [2.75, 3.05) is 19.0 Å². The normalized spacial score (nSPS) is 19.4. The average Bonchev–Trinajstić information content (AvgIpc) is 3.67. The number of benzene rings is 4. The molecule has 8 nitrogen and oxygen atoms in total. The summed E-state index contributed by atoms with van der Waals surface area (Å²) in [5.74, 6) is 0.226.